The number of para-hydroxylation sites is 1. The molecule has 4 heteroatoms. The molecule has 0 amide bonds. The maximum absolute atomic E-state index is 5.10. The standard InChI is InChI=1S/C71H62N4/c1-69(2,3)58-38-39-72-68(47-58)75-65-35-23-22-34-63(65)64-37-36-59(46-66(64)75)71(56-30-18-10-19-31-56,57-32-20-11-21-33-57)60-41-55(52-28-16-9-17-29-52)42-61(45-60)73-48-67(70(4,5)6)74(49-73)62-43-53(50-24-12-7-13-25-50)40-54(44-62)51-26-14-8-15-27-51/h7-48H,49H2,1-6H3. The van der Waals surface area contributed by atoms with Crippen LogP contribution >= 0.6 is 0 Å². The van der Waals surface area contributed by atoms with Crippen molar-refractivity contribution in [2.75, 3.05) is 16.5 Å². The lowest BCUT2D eigenvalue weighted by Crippen LogP contribution is -2.32. The second-order valence-corrected chi connectivity index (χ2v) is 22.2. The first kappa shape index (κ1) is 47.3. The van der Waals surface area contributed by atoms with Crippen molar-refractivity contribution in [2.24, 2.45) is 5.41 Å². The van der Waals surface area contributed by atoms with Crippen molar-refractivity contribution in [3.63, 3.8) is 0 Å². The van der Waals surface area contributed by atoms with Gasteiger partial charge in [-0.2, -0.15) is 0 Å². The van der Waals surface area contributed by atoms with Crippen molar-refractivity contribution in [2.45, 2.75) is 52.4 Å². The summed E-state index contributed by atoms with van der Waals surface area (Å²) in [6.45, 7) is 14.4. The lowest BCUT2D eigenvalue weighted by atomic mass is 9.64. The van der Waals surface area contributed by atoms with Gasteiger partial charge in [0.2, 0.25) is 0 Å². The van der Waals surface area contributed by atoms with Crippen LogP contribution in [0.3, 0.4) is 0 Å². The number of anilines is 2. The smallest absolute Gasteiger partial charge is 0.137 e. The molecule has 0 bridgehead atoms. The van der Waals surface area contributed by atoms with Gasteiger partial charge in [-0.1, -0.05) is 224 Å². The fourth-order valence-electron chi connectivity index (χ4n) is 11.4. The fourth-order valence-corrected chi connectivity index (χ4v) is 11.4. The minimum absolute atomic E-state index is 0.0502. The van der Waals surface area contributed by atoms with Crippen molar-refractivity contribution >= 4 is 33.2 Å². The summed E-state index contributed by atoms with van der Waals surface area (Å²) in [5, 5.41) is 2.39. The van der Waals surface area contributed by atoms with Crippen LogP contribution in [0.25, 0.3) is 61.0 Å². The van der Waals surface area contributed by atoms with Crippen molar-refractivity contribution < 1.29 is 0 Å². The third-order valence-electron chi connectivity index (χ3n) is 15.2. The van der Waals surface area contributed by atoms with E-state index in [9.17, 15) is 0 Å². The van der Waals surface area contributed by atoms with Gasteiger partial charge in [-0.3, -0.25) is 4.57 Å². The monoisotopic (exact) mass is 970 g/mol. The second-order valence-electron chi connectivity index (χ2n) is 22.2. The number of nitrogens with zero attached hydrogens (tertiary/aromatic N) is 4. The molecule has 0 aliphatic carbocycles. The first-order valence-electron chi connectivity index (χ1n) is 26.3. The van der Waals surface area contributed by atoms with Crippen LogP contribution in [0.4, 0.5) is 11.4 Å². The Bertz CT molecular complexity index is 3770. The molecule has 0 saturated carbocycles. The van der Waals surface area contributed by atoms with Gasteiger partial charge in [0.1, 0.15) is 5.82 Å². The number of allylic oxidation sites excluding steroid dienone is 1. The van der Waals surface area contributed by atoms with Gasteiger partial charge < -0.3 is 9.80 Å². The van der Waals surface area contributed by atoms with E-state index >= 15 is 0 Å². The molecule has 0 N–H and O–H groups in total. The Morgan fingerprint density at radius 1 is 0.360 bits per heavy atom. The topological polar surface area (TPSA) is 24.3 Å². The number of rotatable bonds is 10. The zero-order valence-electron chi connectivity index (χ0n) is 43.7. The molecular formula is C71H62N4. The van der Waals surface area contributed by atoms with E-state index < -0.39 is 5.41 Å². The predicted octanol–water partition coefficient (Wildman–Crippen LogP) is 18.0. The lowest BCUT2D eigenvalue weighted by molar-refractivity contribution is 0.492. The van der Waals surface area contributed by atoms with Crippen molar-refractivity contribution in [1.29, 1.82) is 0 Å². The Labute approximate surface area is 442 Å². The molecule has 12 rings (SSSR count). The minimum Gasteiger partial charge on any atom is -0.328 e. The van der Waals surface area contributed by atoms with Crippen LogP contribution in [-0.4, -0.2) is 16.2 Å². The highest BCUT2D eigenvalue weighted by atomic mass is 15.4. The molecule has 0 atom stereocenters. The Hall–Kier alpha value is -8.73. The average Bonchev–Trinajstić information content (AvgIpc) is 4.07. The Morgan fingerprint density at radius 3 is 1.43 bits per heavy atom. The van der Waals surface area contributed by atoms with E-state index in [1.165, 1.54) is 66.5 Å². The van der Waals surface area contributed by atoms with Gasteiger partial charge in [0.25, 0.3) is 0 Å². The highest BCUT2D eigenvalue weighted by Crippen LogP contribution is 2.50. The van der Waals surface area contributed by atoms with Crippen LogP contribution in [0.1, 0.15) is 69.4 Å². The van der Waals surface area contributed by atoms with E-state index in [4.69, 9.17) is 4.98 Å². The molecule has 2 aromatic heterocycles. The highest BCUT2D eigenvalue weighted by molar-refractivity contribution is 6.09. The molecule has 4 nitrogen and oxygen atoms in total. The van der Waals surface area contributed by atoms with Gasteiger partial charge in [0.15, 0.2) is 0 Å². The predicted molar refractivity (Wildman–Crippen MR) is 316 cm³/mol. The largest absolute Gasteiger partial charge is 0.328 e. The molecule has 3 heterocycles. The molecule has 0 spiro atoms. The summed E-state index contributed by atoms with van der Waals surface area (Å²) in [5.41, 5.74) is 17.8. The number of fused-ring (bicyclic) bond motifs is 3. The van der Waals surface area contributed by atoms with Crippen LogP contribution in [0, 0.1) is 5.41 Å². The van der Waals surface area contributed by atoms with Gasteiger partial charge in [0, 0.05) is 45.7 Å². The maximum Gasteiger partial charge on any atom is 0.137 e. The number of hydrogen-bond acceptors (Lipinski definition) is 3. The molecule has 366 valence electrons. The summed E-state index contributed by atoms with van der Waals surface area (Å²) in [5.74, 6) is 0.911. The number of hydrogen-bond donors (Lipinski definition) is 0. The zero-order valence-corrected chi connectivity index (χ0v) is 43.7. The summed E-state index contributed by atoms with van der Waals surface area (Å²) in [7, 11) is 0. The molecule has 75 heavy (non-hydrogen) atoms. The molecule has 0 fully saturated rings. The zero-order chi connectivity index (χ0) is 51.3. The second kappa shape index (κ2) is 19.0. The Balaban J connectivity index is 1.10. The van der Waals surface area contributed by atoms with Crippen LogP contribution in [0.5, 0.6) is 0 Å². The molecule has 9 aromatic carbocycles. The molecule has 0 radical (unpaired) electrons. The third kappa shape index (κ3) is 8.70. The summed E-state index contributed by atoms with van der Waals surface area (Å²) >= 11 is 0. The van der Waals surface area contributed by atoms with Crippen LogP contribution in [0.15, 0.2) is 261 Å². The van der Waals surface area contributed by atoms with E-state index in [-0.39, 0.29) is 10.8 Å². The fraction of sp³-hybridized carbons (Fsp3) is 0.141. The molecule has 0 saturated heterocycles. The van der Waals surface area contributed by atoms with Gasteiger partial charge in [-0.25, -0.2) is 4.98 Å². The van der Waals surface area contributed by atoms with Crippen molar-refractivity contribution in [3.05, 3.63) is 289 Å². The summed E-state index contributed by atoms with van der Waals surface area (Å²) < 4.78 is 2.38. The van der Waals surface area contributed by atoms with Crippen molar-refractivity contribution in [1.82, 2.24) is 9.55 Å². The molecule has 11 aromatic rings. The summed E-state index contributed by atoms with van der Waals surface area (Å²) in [4.78, 5) is 10.1. The molecule has 1 aliphatic heterocycles. The van der Waals surface area contributed by atoms with Gasteiger partial charge in [-0.15, -0.1) is 0 Å². The quantitative estimate of drug-likeness (QED) is 0.128. The Morgan fingerprint density at radius 2 is 0.867 bits per heavy atom. The normalized spacial score (nSPS) is 13.2. The minimum atomic E-state index is -0.775. The SMILES string of the molecule is CC(C)(C)C1=CN(c2cc(-c3ccccc3)cc(C(c3ccccc3)(c3ccccc3)c3ccc4c5ccccc5n(-c5cc(C(C)(C)C)ccn5)c4c3)c2)CN1c1cc(-c2ccccc2)cc(-c2ccccc2)c1. The summed E-state index contributed by atoms with van der Waals surface area (Å²) in [6, 6.07) is 89.5. The third-order valence-corrected chi connectivity index (χ3v) is 15.2. The van der Waals surface area contributed by atoms with Gasteiger partial charge in [0.05, 0.1) is 23.1 Å². The molecule has 1 aliphatic rings. The first-order chi connectivity index (χ1) is 36.4. The van der Waals surface area contributed by atoms with Crippen LogP contribution in [0.2, 0.25) is 0 Å². The van der Waals surface area contributed by atoms with Gasteiger partial charge in [-0.05, 0) is 127 Å². The van der Waals surface area contributed by atoms with Crippen LogP contribution < -0.4 is 9.80 Å². The summed E-state index contributed by atoms with van der Waals surface area (Å²) in [6.07, 6.45) is 4.37. The lowest BCUT2D eigenvalue weighted by Gasteiger charge is -2.38. The molecule has 0 unspecified atom stereocenters. The van der Waals surface area contributed by atoms with E-state index in [0.717, 1.165) is 39.4 Å². The van der Waals surface area contributed by atoms with Crippen LogP contribution in [-0.2, 0) is 10.8 Å². The number of pyridine rings is 1. The van der Waals surface area contributed by atoms with E-state index in [1.54, 1.807) is 0 Å². The van der Waals surface area contributed by atoms with Crippen molar-refractivity contribution in [3.8, 4) is 39.2 Å². The van der Waals surface area contributed by atoms with E-state index in [0.29, 0.717) is 6.67 Å². The number of benzene rings is 9. The van der Waals surface area contributed by atoms with E-state index in [1.807, 2.05) is 6.20 Å². The average molecular weight is 971 g/mol. The van der Waals surface area contributed by atoms with Gasteiger partial charge >= 0.3 is 0 Å². The molecular weight excluding hydrogens is 909 g/mol. The van der Waals surface area contributed by atoms with E-state index in [2.05, 4.69) is 305 Å². The highest BCUT2D eigenvalue weighted by Gasteiger charge is 2.41. The Kier molecular flexibility index (Phi) is 11.9. The number of aromatic nitrogens is 2. The maximum atomic E-state index is 5.10. The first-order valence-corrected chi connectivity index (χ1v) is 26.3.